The van der Waals surface area contributed by atoms with Gasteiger partial charge < -0.3 is 15.2 Å². The van der Waals surface area contributed by atoms with Crippen molar-refractivity contribution in [2.24, 2.45) is 5.92 Å². The Hall–Kier alpha value is -1.30. The van der Waals surface area contributed by atoms with Crippen molar-refractivity contribution in [1.82, 2.24) is 5.32 Å². The smallest absolute Gasteiger partial charge is 0.128 e. The number of hydrogen-bond acceptors (Lipinski definition) is 5. The Morgan fingerprint density at radius 2 is 2.14 bits per heavy atom. The molecule has 0 aromatic rings. The second kappa shape index (κ2) is 13.8. The van der Waals surface area contributed by atoms with Gasteiger partial charge in [0, 0.05) is 23.1 Å². The first kappa shape index (κ1) is 24.7. The maximum atomic E-state index is 10.0. The average Bonchev–Trinajstić information content (AvgIpc) is 2.81. The number of aliphatic hydroxyl groups excluding tert-OH is 1. The lowest BCUT2D eigenvalue weighted by atomic mass is 10.2. The Bertz CT molecular complexity index is 668. The summed E-state index contributed by atoms with van der Waals surface area (Å²) in [5.41, 5.74) is 0.945. The molecule has 28 heavy (non-hydrogen) atoms. The predicted octanol–water partition coefficient (Wildman–Crippen LogP) is 6.32. The topological polar surface area (TPSA) is 41.5 Å². The van der Waals surface area contributed by atoms with Gasteiger partial charge in [0.25, 0.3) is 0 Å². The Morgan fingerprint density at radius 1 is 1.39 bits per heavy atom. The lowest BCUT2D eigenvalue weighted by Crippen LogP contribution is -2.34. The van der Waals surface area contributed by atoms with Crippen LogP contribution in [-0.4, -0.2) is 30.1 Å². The molecule has 3 nitrogen and oxygen atoms in total. The van der Waals surface area contributed by atoms with Crippen LogP contribution < -0.4 is 5.32 Å². The number of allylic oxidation sites excluding steroid dienone is 10. The second-order valence-electron chi connectivity index (χ2n) is 7.17. The third-order valence-corrected chi connectivity index (χ3v) is 5.80. The Kier molecular flexibility index (Phi) is 12.2. The van der Waals surface area contributed by atoms with E-state index >= 15 is 0 Å². The van der Waals surface area contributed by atoms with E-state index in [0.717, 1.165) is 28.5 Å². The largest absolute Gasteiger partial charge is 0.512 e. The molecule has 2 atom stereocenters. The molecular weight excluding hydrogens is 386 g/mol. The zero-order chi connectivity index (χ0) is 20.9. The molecule has 0 radical (unpaired) electrons. The molecule has 0 spiro atoms. The van der Waals surface area contributed by atoms with Crippen molar-refractivity contribution in [3.05, 3.63) is 69.4 Å². The van der Waals surface area contributed by atoms with Crippen molar-refractivity contribution in [1.29, 1.82) is 0 Å². The zero-order valence-electron chi connectivity index (χ0n) is 17.7. The summed E-state index contributed by atoms with van der Waals surface area (Å²) in [5, 5.41) is 13.6. The van der Waals surface area contributed by atoms with Gasteiger partial charge in [-0.3, -0.25) is 0 Å². The third-order valence-electron chi connectivity index (χ3n) is 4.19. The van der Waals surface area contributed by atoms with E-state index < -0.39 is 0 Å². The molecule has 0 bridgehead atoms. The summed E-state index contributed by atoms with van der Waals surface area (Å²) in [6.45, 7) is 11.8. The minimum atomic E-state index is 0.250. The highest BCUT2D eigenvalue weighted by molar-refractivity contribution is 8.03. The number of aliphatic hydroxyl groups is 1. The van der Waals surface area contributed by atoms with Gasteiger partial charge in [-0.05, 0) is 56.7 Å². The summed E-state index contributed by atoms with van der Waals surface area (Å²) < 4.78 is 5.90. The summed E-state index contributed by atoms with van der Waals surface area (Å²) in [5.74, 6) is 2.80. The van der Waals surface area contributed by atoms with E-state index in [0.29, 0.717) is 24.7 Å². The van der Waals surface area contributed by atoms with E-state index in [4.69, 9.17) is 4.74 Å². The standard InChI is InChI=1S/C23H35NO2S2/c1-6-7-8-12-23(20(5)27)26-15-19(4)24-14-17(2)16-28-21-11-9-10-18(3)22(25)13-21/h6-12,17,19,24-25,27H,13-16H2,1-5H3/b7-6+,12-8-,23-20-/t17-,19?/m0/s1. The highest BCUT2D eigenvalue weighted by atomic mass is 32.2. The molecule has 0 heterocycles. The van der Waals surface area contributed by atoms with E-state index in [9.17, 15) is 5.11 Å². The first-order valence-electron chi connectivity index (χ1n) is 9.77. The van der Waals surface area contributed by atoms with Gasteiger partial charge in [-0.1, -0.05) is 43.4 Å². The Labute approximate surface area is 180 Å². The average molecular weight is 422 g/mol. The molecule has 1 aliphatic carbocycles. The molecule has 0 aliphatic heterocycles. The number of thioether (sulfide) groups is 1. The molecule has 1 rings (SSSR count). The van der Waals surface area contributed by atoms with Gasteiger partial charge in [0.15, 0.2) is 0 Å². The normalized spacial score (nSPS) is 18.3. The summed E-state index contributed by atoms with van der Waals surface area (Å²) >= 11 is 6.23. The first-order chi connectivity index (χ1) is 13.3. The van der Waals surface area contributed by atoms with E-state index in [-0.39, 0.29) is 6.04 Å². The quantitative estimate of drug-likeness (QED) is 0.207. The maximum absolute atomic E-state index is 10.0. The molecule has 156 valence electrons. The number of nitrogens with one attached hydrogen (secondary N) is 1. The van der Waals surface area contributed by atoms with Crippen LogP contribution in [0.15, 0.2) is 69.4 Å². The van der Waals surface area contributed by atoms with Gasteiger partial charge in [-0.15, -0.1) is 24.4 Å². The van der Waals surface area contributed by atoms with Gasteiger partial charge in [-0.2, -0.15) is 0 Å². The van der Waals surface area contributed by atoms with E-state index in [1.807, 2.05) is 69.0 Å². The van der Waals surface area contributed by atoms with Gasteiger partial charge >= 0.3 is 0 Å². The van der Waals surface area contributed by atoms with Crippen molar-refractivity contribution < 1.29 is 9.84 Å². The van der Waals surface area contributed by atoms with Crippen LogP contribution >= 0.6 is 24.4 Å². The lowest BCUT2D eigenvalue weighted by molar-refractivity contribution is 0.192. The molecule has 2 N–H and O–H groups in total. The molecule has 1 unspecified atom stereocenters. The van der Waals surface area contributed by atoms with Gasteiger partial charge in [0.2, 0.25) is 0 Å². The van der Waals surface area contributed by atoms with Crippen molar-refractivity contribution in [2.75, 3.05) is 18.9 Å². The third kappa shape index (κ3) is 10.3. The van der Waals surface area contributed by atoms with Gasteiger partial charge in [0.1, 0.15) is 18.1 Å². The lowest BCUT2D eigenvalue weighted by Gasteiger charge is -2.19. The number of hydrogen-bond donors (Lipinski definition) is 3. The van der Waals surface area contributed by atoms with E-state index in [2.05, 4.69) is 37.9 Å². The highest BCUT2D eigenvalue weighted by Gasteiger charge is 2.11. The molecule has 0 saturated heterocycles. The SMILES string of the molecule is C/C=C/C=C\C(OCC(C)NC[C@H](C)CSC1=CC=CC(C)=C(O)C1)=C(/C)S. The minimum Gasteiger partial charge on any atom is -0.512 e. The van der Waals surface area contributed by atoms with Crippen LogP contribution in [0.1, 0.15) is 41.0 Å². The first-order valence-corrected chi connectivity index (χ1v) is 11.2. The molecular formula is C23H35NO2S2. The van der Waals surface area contributed by atoms with Crippen LogP contribution in [0.2, 0.25) is 0 Å². The van der Waals surface area contributed by atoms with Crippen LogP contribution in [0.3, 0.4) is 0 Å². The molecule has 0 amide bonds. The highest BCUT2D eigenvalue weighted by Crippen LogP contribution is 2.28. The van der Waals surface area contributed by atoms with Crippen LogP contribution in [0.5, 0.6) is 0 Å². The number of rotatable bonds is 11. The van der Waals surface area contributed by atoms with E-state index in [1.165, 1.54) is 4.91 Å². The molecule has 1 aliphatic rings. The van der Waals surface area contributed by atoms with Crippen molar-refractivity contribution in [2.45, 2.75) is 47.1 Å². The molecule has 0 fully saturated rings. The minimum absolute atomic E-state index is 0.250. The molecule has 0 aromatic carbocycles. The zero-order valence-corrected chi connectivity index (χ0v) is 19.4. The Balaban J connectivity index is 2.34. The van der Waals surface area contributed by atoms with Crippen molar-refractivity contribution >= 4 is 24.4 Å². The van der Waals surface area contributed by atoms with Gasteiger partial charge in [-0.25, -0.2) is 0 Å². The van der Waals surface area contributed by atoms with Crippen LogP contribution in [0.25, 0.3) is 0 Å². The fraction of sp³-hybridized carbons (Fsp3) is 0.478. The van der Waals surface area contributed by atoms with Crippen LogP contribution in [0, 0.1) is 5.92 Å². The summed E-state index contributed by atoms with van der Waals surface area (Å²) in [4.78, 5) is 2.08. The molecule has 5 heteroatoms. The fourth-order valence-electron chi connectivity index (χ4n) is 2.37. The maximum Gasteiger partial charge on any atom is 0.128 e. The number of thiol groups is 1. The van der Waals surface area contributed by atoms with Crippen LogP contribution in [0.4, 0.5) is 0 Å². The summed E-state index contributed by atoms with van der Waals surface area (Å²) in [6.07, 6.45) is 14.5. The predicted molar refractivity (Wildman–Crippen MR) is 128 cm³/mol. The summed E-state index contributed by atoms with van der Waals surface area (Å²) in [6, 6.07) is 0.250. The van der Waals surface area contributed by atoms with Crippen molar-refractivity contribution in [3.63, 3.8) is 0 Å². The Morgan fingerprint density at radius 3 is 2.82 bits per heavy atom. The fourth-order valence-corrected chi connectivity index (χ4v) is 3.54. The second-order valence-corrected chi connectivity index (χ2v) is 8.99. The molecule has 0 aromatic heterocycles. The van der Waals surface area contributed by atoms with Gasteiger partial charge in [0.05, 0.1) is 0 Å². The molecule has 0 saturated carbocycles. The van der Waals surface area contributed by atoms with Crippen molar-refractivity contribution in [3.8, 4) is 0 Å². The van der Waals surface area contributed by atoms with E-state index in [1.54, 1.807) is 0 Å². The van der Waals surface area contributed by atoms with Crippen LogP contribution in [-0.2, 0) is 4.74 Å². The number of ether oxygens (including phenoxy) is 1. The summed E-state index contributed by atoms with van der Waals surface area (Å²) in [7, 11) is 0. The monoisotopic (exact) mass is 421 g/mol.